The lowest BCUT2D eigenvalue weighted by Crippen LogP contribution is -2.41. The van der Waals surface area contributed by atoms with Gasteiger partial charge in [0, 0.05) is 29.5 Å². The summed E-state index contributed by atoms with van der Waals surface area (Å²) in [5, 5.41) is 0. The predicted octanol–water partition coefficient (Wildman–Crippen LogP) is 1.92. The van der Waals surface area contributed by atoms with Gasteiger partial charge in [0.05, 0.1) is 30.6 Å². The Hall–Kier alpha value is -1.67. The molecule has 2 aliphatic heterocycles. The molecule has 3 rings (SSSR count). The fourth-order valence-corrected chi connectivity index (χ4v) is 6.24. The molecule has 0 amide bonds. The molecule has 0 aromatic carbocycles. The van der Waals surface area contributed by atoms with E-state index in [0.717, 1.165) is 30.8 Å². The number of ether oxygens (including phenoxy) is 1. The highest BCUT2D eigenvalue weighted by atomic mass is 32.2. The van der Waals surface area contributed by atoms with E-state index in [0.29, 0.717) is 25.1 Å². The van der Waals surface area contributed by atoms with E-state index < -0.39 is 9.84 Å². The fraction of sp³-hybridized carbons (Fsp3) is 0.700. The van der Waals surface area contributed by atoms with Crippen molar-refractivity contribution in [2.75, 3.05) is 37.7 Å². The molecule has 3 heterocycles. The molecular weight excluding hydrogens is 380 g/mol. The van der Waals surface area contributed by atoms with Crippen molar-refractivity contribution in [3.8, 4) is 0 Å². The molecule has 0 N–H and O–H groups in total. The number of rotatable bonds is 6. The van der Waals surface area contributed by atoms with Crippen molar-refractivity contribution in [1.29, 1.82) is 0 Å². The Morgan fingerprint density at radius 2 is 2.00 bits per heavy atom. The molecule has 0 saturated carbocycles. The van der Waals surface area contributed by atoms with Gasteiger partial charge in [0.25, 0.3) is 0 Å². The highest BCUT2D eigenvalue weighted by molar-refractivity contribution is 7.91. The number of nitrogens with zero attached hydrogens (tertiary/aromatic N) is 2. The standard InChI is InChI=1S/C20H30N2O5S/c1-4-27-20(24)16-6-5-8-21(11-16)12-19(23)18-10-14(2)22(15(18)3)17-7-9-28(25,26)13-17/h10,16-17H,4-9,11-13H2,1-3H3. The Morgan fingerprint density at radius 3 is 2.64 bits per heavy atom. The molecule has 1 aromatic rings. The van der Waals surface area contributed by atoms with Crippen molar-refractivity contribution in [1.82, 2.24) is 9.47 Å². The maximum atomic E-state index is 13.0. The van der Waals surface area contributed by atoms with Crippen LogP contribution in [0, 0.1) is 19.8 Å². The smallest absolute Gasteiger partial charge is 0.310 e. The number of carbonyl (C=O) groups is 2. The summed E-state index contributed by atoms with van der Waals surface area (Å²) in [6.45, 7) is 7.59. The molecule has 0 spiro atoms. The quantitative estimate of drug-likeness (QED) is 0.526. The minimum Gasteiger partial charge on any atom is -0.466 e. The van der Waals surface area contributed by atoms with Gasteiger partial charge >= 0.3 is 5.97 Å². The highest BCUT2D eigenvalue weighted by Gasteiger charge is 2.32. The molecule has 2 saturated heterocycles. The van der Waals surface area contributed by atoms with Gasteiger partial charge in [-0.1, -0.05) is 0 Å². The molecule has 0 bridgehead atoms. The lowest BCUT2D eigenvalue weighted by molar-refractivity contribution is -0.149. The zero-order chi connectivity index (χ0) is 20.5. The average Bonchev–Trinajstić information content (AvgIpc) is 3.13. The Balaban J connectivity index is 1.70. The summed E-state index contributed by atoms with van der Waals surface area (Å²) in [5.41, 5.74) is 2.41. The molecule has 0 radical (unpaired) electrons. The van der Waals surface area contributed by atoms with Gasteiger partial charge in [-0.2, -0.15) is 0 Å². The lowest BCUT2D eigenvalue weighted by atomic mass is 9.97. The van der Waals surface area contributed by atoms with E-state index in [4.69, 9.17) is 4.74 Å². The lowest BCUT2D eigenvalue weighted by Gasteiger charge is -2.30. The van der Waals surface area contributed by atoms with Gasteiger partial charge in [0.1, 0.15) is 0 Å². The minimum atomic E-state index is -2.99. The van der Waals surface area contributed by atoms with Crippen LogP contribution in [0.2, 0.25) is 0 Å². The maximum Gasteiger partial charge on any atom is 0.310 e. The summed E-state index contributed by atoms with van der Waals surface area (Å²) in [4.78, 5) is 27.0. The Kier molecular flexibility index (Phi) is 6.29. The van der Waals surface area contributed by atoms with Crippen LogP contribution < -0.4 is 0 Å². The molecule has 1 aromatic heterocycles. The van der Waals surface area contributed by atoms with Crippen molar-refractivity contribution in [3.63, 3.8) is 0 Å². The van der Waals surface area contributed by atoms with E-state index in [1.807, 2.05) is 29.4 Å². The maximum absolute atomic E-state index is 13.0. The van der Waals surface area contributed by atoms with E-state index in [9.17, 15) is 18.0 Å². The summed E-state index contributed by atoms with van der Waals surface area (Å²) in [6.07, 6.45) is 2.27. The normalized spacial score (nSPS) is 25.0. The van der Waals surface area contributed by atoms with Crippen molar-refractivity contribution >= 4 is 21.6 Å². The number of carbonyl (C=O) groups excluding carboxylic acids is 2. The van der Waals surface area contributed by atoms with Crippen LogP contribution in [0.3, 0.4) is 0 Å². The number of likely N-dealkylation sites (tertiary alicyclic amines) is 1. The second kappa shape index (κ2) is 8.37. The van der Waals surface area contributed by atoms with Gasteiger partial charge in [-0.05, 0) is 52.6 Å². The minimum absolute atomic E-state index is 0.0183. The van der Waals surface area contributed by atoms with Crippen LogP contribution in [0.1, 0.15) is 54.0 Å². The molecule has 28 heavy (non-hydrogen) atoms. The summed E-state index contributed by atoms with van der Waals surface area (Å²) in [7, 11) is -2.99. The van der Waals surface area contributed by atoms with E-state index in [2.05, 4.69) is 0 Å². The van der Waals surface area contributed by atoms with E-state index in [1.54, 1.807) is 6.92 Å². The topological polar surface area (TPSA) is 85.7 Å². The molecule has 2 unspecified atom stereocenters. The van der Waals surface area contributed by atoms with Crippen LogP contribution in [0.4, 0.5) is 0 Å². The van der Waals surface area contributed by atoms with Gasteiger partial charge in [0.15, 0.2) is 15.6 Å². The Labute approximate surface area is 166 Å². The number of Topliss-reactive ketones (excluding diaryl/α,β-unsaturated/α-hetero) is 1. The summed E-state index contributed by atoms with van der Waals surface area (Å²) >= 11 is 0. The van der Waals surface area contributed by atoms with Gasteiger partial charge in [-0.3, -0.25) is 14.5 Å². The second-order valence-electron chi connectivity index (χ2n) is 7.96. The number of sulfone groups is 1. The van der Waals surface area contributed by atoms with E-state index in [1.165, 1.54) is 0 Å². The zero-order valence-electron chi connectivity index (χ0n) is 16.9. The van der Waals surface area contributed by atoms with Crippen molar-refractivity contribution < 1.29 is 22.7 Å². The Bertz CT molecular complexity index is 858. The second-order valence-corrected chi connectivity index (χ2v) is 10.2. The number of piperidine rings is 1. The first-order chi connectivity index (χ1) is 13.2. The van der Waals surface area contributed by atoms with Gasteiger partial charge in [-0.15, -0.1) is 0 Å². The number of hydrogen-bond acceptors (Lipinski definition) is 6. The van der Waals surface area contributed by atoms with Crippen molar-refractivity contribution in [2.45, 2.75) is 46.1 Å². The molecule has 0 aliphatic carbocycles. The molecule has 7 nitrogen and oxygen atoms in total. The zero-order valence-corrected chi connectivity index (χ0v) is 17.8. The van der Waals surface area contributed by atoms with Crippen LogP contribution in [0.5, 0.6) is 0 Å². The summed E-state index contributed by atoms with van der Waals surface area (Å²) in [5.74, 6) is 0.0216. The molecule has 2 fully saturated rings. The fourth-order valence-electron chi connectivity index (χ4n) is 4.54. The predicted molar refractivity (Wildman–Crippen MR) is 106 cm³/mol. The van der Waals surface area contributed by atoms with Crippen LogP contribution in [0.15, 0.2) is 6.07 Å². The molecule has 8 heteroatoms. The van der Waals surface area contributed by atoms with Gasteiger partial charge in [0.2, 0.25) is 0 Å². The third-order valence-corrected chi connectivity index (χ3v) is 7.60. The number of aryl methyl sites for hydroxylation is 1. The van der Waals surface area contributed by atoms with Crippen LogP contribution >= 0.6 is 0 Å². The third-order valence-electron chi connectivity index (χ3n) is 5.85. The molecular formula is C20H30N2O5S. The third kappa shape index (κ3) is 4.49. The van der Waals surface area contributed by atoms with Crippen molar-refractivity contribution in [2.24, 2.45) is 5.92 Å². The first kappa shape index (κ1) is 21.0. The highest BCUT2D eigenvalue weighted by Crippen LogP contribution is 2.29. The van der Waals surface area contributed by atoms with Crippen LogP contribution in [-0.4, -0.2) is 67.4 Å². The first-order valence-electron chi connectivity index (χ1n) is 10.0. The molecule has 156 valence electrons. The number of ketones is 1. The Morgan fingerprint density at radius 1 is 1.25 bits per heavy atom. The van der Waals surface area contributed by atoms with E-state index in [-0.39, 0.29) is 41.8 Å². The number of hydrogen-bond donors (Lipinski definition) is 0. The van der Waals surface area contributed by atoms with E-state index >= 15 is 0 Å². The van der Waals surface area contributed by atoms with Crippen molar-refractivity contribution in [3.05, 3.63) is 23.0 Å². The molecule has 2 aliphatic rings. The average molecular weight is 411 g/mol. The summed E-state index contributed by atoms with van der Waals surface area (Å²) in [6, 6.07) is 1.78. The number of aromatic nitrogens is 1. The largest absolute Gasteiger partial charge is 0.466 e. The van der Waals surface area contributed by atoms with Crippen LogP contribution in [0.25, 0.3) is 0 Å². The van der Waals surface area contributed by atoms with Crippen LogP contribution in [-0.2, 0) is 19.4 Å². The molecule has 2 atom stereocenters. The summed E-state index contributed by atoms with van der Waals surface area (Å²) < 4.78 is 30.8. The van der Waals surface area contributed by atoms with Gasteiger partial charge in [-0.25, -0.2) is 8.42 Å². The SMILES string of the molecule is CCOC(=O)C1CCCN(CC(=O)c2cc(C)n(C3CCS(=O)(=O)C3)c2C)C1. The monoisotopic (exact) mass is 410 g/mol. The number of esters is 1. The first-order valence-corrected chi connectivity index (χ1v) is 11.8. The van der Waals surface area contributed by atoms with Gasteiger partial charge < -0.3 is 9.30 Å².